The van der Waals surface area contributed by atoms with E-state index >= 15 is 0 Å². The van der Waals surface area contributed by atoms with Crippen LogP contribution >= 0.6 is 0 Å². The molecule has 0 amide bonds. The van der Waals surface area contributed by atoms with Crippen molar-refractivity contribution in [2.75, 3.05) is 0 Å². The van der Waals surface area contributed by atoms with E-state index in [0.717, 1.165) is 31.3 Å². The van der Waals surface area contributed by atoms with Gasteiger partial charge in [-0.3, -0.25) is 4.68 Å². The van der Waals surface area contributed by atoms with Gasteiger partial charge in [0.1, 0.15) is 0 Å². The Hall–Kier alpha value is -0.830. The zero-order valence-electron chi connectivity index (χ0n) is 12.0. The Morgan fingerprint density at radius 2 is 2.17 bits per heavy atom. The summed E-state index contributed by atoms with van der Waals surface area (Å²) >= 11 is 0. The molecular weight excluding hydrogens is 222 g/mol. The molecule has 3 nitrogen and oxygen atoms in total. The van der Waals surface area contributed by atoms with Gasteiger partial charge in [-0.1, -0.05) is 27.2 Å². The van der Waals surface area contributed by atoms with Crippen LogP contribution in [0.4, 0.5) is 0 Å². The molecule has 0 aromatic carbocycles. The SMILES string of the molecule is CCCC1CC1NCc1ccn(C(CC)CC)n1. The van der Waals surface area contributed by atoms with Crippen molar-refractivity contribution in [3.05, 3.63) is 18.0 Å². The van der Waals surface area contributed by atoms with Gasteiger partial charge in [-0.05, 0) is 37.7 Å². The van der Waals surface area contributed by atoms with E-state index in [2.05, 4.69) is 48.1 Å². The van der Waals surface area contributed by atoms with Gasteiger partial charge in [0.05, 0.1) is 11.7 Å². The number of hydrogen-bond donors (Lipinski definition) is 1. The fraction of sp³-hybridized carbons (Fsp3) is 0.800. The summed E-state index contributed by atoms with van der Waals surface area (Å²) in [5, 5.41) is 8.30. The molecule has 0 radical (unpaired) electrons. The van der Waals surface area contributed by atoms with E-state index < -0.39 is 0 Å². The lowest BCUT2D eigenvalue weighted by Crippen LogP contribution is -2.18. The monoisotopic (exact) mass is 249 g/mol. The minimum Gasteiger partial charge on any atom is -0.308 e. The summed E-state index contributed by atoms with van der Waals surface area (Å²) in [5.41, 5.74) is 1.18. The van der Waals surface area contributed by atoms with Crippen molar-refractivity contribution in [1.29, 1.82) is 0 Å². The Labute approximate surface area is 111 Å². The second kappa shape index (κ2) is 6.37. The topological polar surface area (TPSA) is 29.9 Å². The van der Waals surface area contributed by atoms with E-state index in [4.69, 9.17) is 0 Å². The summed E-state index contributed by atoms with van der Waals surface area (Å²) in [6.45, 7) is 7.66. The first kappa shape index (κ1) is 13.6. The van der Waals surface area contributed by atoms with Gasteiger partial charge < -0.3 is 5.32 Å². The molecule has 2 unspecified atom stereocenters. The van der Waals surface area contributed by atoms with Crippen LogP contribution < -0.4 is 5.32 Å². The quantitative estimate of drug-likeness (QED) is 0.764. The van der Waals surface area contributed by atoms with E-state index in [1.807, 2.05) is 0 Å². The maximum atomic E-state index is 4.68. The molecule has 1 fully saturated rings. The van der Waals surface area contributed by atoms with Gasteiger partial charge in [-0.25, -0.2) is 0 Å². The predicted molar refractivity (Wildman–Crippen MR) is 75.5 cm³/mol. The van der Waals surface area contributed by atoms with E-state index in [1.165, 1.54) is 25.0 Å². The molecule has 0 aliphatic heterocycles. The zero-order valence-corrected chi connectivity index (χ0v) is 12.0. The molecule has 1 aromatic heterocycles. The summed E-state index contributed by atoms with van der Waals surface area (Å²) in [4.78, 5) is 0. The van der Waals surface area contributed by atoms with E-state index in [-0.39, 0.29) is 0 Å². The first-order chi connectivity index (χ1) is 8.78. The number of nitrogens with zero attached hydrogens (tertiary/aromatic N) is 2. The van der Waals surface area contributed by atoms with Crippen LogP contribution in [0.15, 0.2) is 12.3 Å². The third-order valence-corrected chi connectivity index (χ3v) is 4.11. The largest absolute Gasteiger partial charge is 0.308 e. The Bertz CT molecular complexity index is 354. The zero-order chi connectivity index (χ0) is 13.0. The summed E-state index contributed by atoms with van der Waals surface area (Å²) in [6, 6.07) is 3.47. The minimum atomic E-state index is 0.563. The molecule has 1 heterocycles. The average molecular weight is 249 g/mol. The molecule has 1 aliphatic carbocycles. The maximum Gasteiger partial charge on any atom is 0.0762 e. The van der Waals surface area contributed by atoms with Crippen molar-refractivity contribution in [2.24, 2.45) is 5.92 Å². The highest BCUT2D eigenvalue weighted by Crippen LogP contribution is 2.34. The molecule has 1 saturated carbocycles. The van der Waals surface area contributed by atoms with Crippen LogP contribution in [-0.2, 0) is 6.54 Å². The van der Waals surface area contributed by atoms with Crippen LogP contribution in [0, 0.1) is 5.92 Å². The molecule has 1 aliphatic rings. The van der Waals surface area contributed by atoms with E-state index in [0.29, 0.717) is 6.04 Å². The normalized spacial score (nSPS) is 22.7. The van der Waals surface area contributed by atoms with Crippen LogP contribution in [0.25, 0.3) is 0 Å². The van der Waals surface area contributed by atoms with Crippen molar-refractivity contribution >= 4 is 0 Å². The Morgan fingerprint density at radius 1 is 1.39 bits per heavy atom. The second-order valence-electron chi connectivity index (χ2n) is 5.53. The standard InChI is InChI=1S/C15H27N3/c1-4-7-12-10-15(12)16-11-13-8-9-18(17-13)14(5-2)6-3/h8-9,12,14-16H,4-7,10-11H2,1-3H3. The summed E-state index contributed by atoms with van der Waals surface area (Å²) in [5.74, 6) is 0.927. The van der Waals surface area contributed by atoms with Crippen molar-refractivity contribution in [2.45, 2.75) is 71.5 Å². The van der Waals surface area contributed by atoms with Gasteiger partial charge >= 0.3 is 0 Å². The molecule has 3 heteroatoms. The molecule has 1 N–H and O–H groups in total. The second-order valence-corrected chi connectivity index (χ2v) is 5.53. The molecule has 2 atom stereocenters. The lowest BCUT2D eigenvalue weighted by molar-refractivity contribution is 0.424. The van der Waals surface area contributed by atoms with Crippen LogP contribution in [0.2, 0.25) is 0 Å². The van der Waals surface area contributed by atoms with Crippen LogP contribution in [-0.4, -0.2) is 15.8 Å². The summed E-state index contributed by atoms with van der Waals surface area (Å²) < 4.78 is 2.13. The van der Waals surface area contributed by atoms with Crippen molar-refractivity contribution in [1.82, 2.24) is 15.1 Å². The number of aromatic nitrogens is 2. The molecule has 2 rings (SSSR count). The number of nitrogens with one attached hydrogen (secondary N) is 1. The van der Waals surface area contributed by atoms with Gasteiger partial charge in [0.25, 0.3) is 0 Å². The van der Waals surface area contributed by atoms with Gasteiger partial charge in [-0.2, -0.15) is 5.10 Å². The lowest BCUT2D eigenvalue weighted by Gasteiger charge is -2.12. The molecule has 0 bridgehead atoms. The minimum absolute atomic E-state index is 0.563. The molecular formula is C15H27N3. The predicted octanol–water partition coefficient (Wildman–Crippen LogP) is 3.52. The Kier molecular flexibility index (Phi) is 4.81. The molecule has 0 spiro atoms. The Balaban J connectivity index is 1.77. The smallest absolute Gasteiger partial charge is 0.0762 e. The summed E-state index contributed by atoms with van der Waals surface area (Å²) in [7, 11) is 0. The average Bonchev–Trinajstić information content (AvgIpc) is 2.95. The molecule has 18 heavy (non-hydrogen) atoms. The van der Waals surface area contributed by atoms with E-state index in [9.17, 15) is 0 Å². The highest BCUT2D eigenvalue weighted by molar-refractivity contribution is 5.02. The van der Waals surface area contributed by atoms with Gasteiger partial charge in [0.15, 0.2) is 0 Å². The van der Waals surface area contributed by atoms with Crippen molar-refractivity contribution < 1.29 is 0 Å². The number of hydrogen-bond acceptors (Lipinski definition) is 2. The third kappa shape index (κ3) is 3.35. The van der Waals surface area contributed by atoms with Gasteiger partial charge in [0, 0.05) is 18.8 Å². The first-order valence-electron chi connectivity index (χ1n) is 7.55. The van der Waals surface area contributed by atoms with Gasteiger partial charge in [0.2, 0.25) is 0 Å². The number of rotatable bonds is 8. The van der Waals surface area contributed by atoms with Crippen molar-refractivity contribution in [3.63, 3.8) is 0 Å². The Morgan fingerprint density at radius 3 is 2.83 bits per heavy atom. The van der Waals surface area contributed by atoms with Crippen LogP contribution in [0.5, 0.6) is 0 Å². The highest BCUT2D eigenvalue weighted by Gasteiger charge is 2.35. The molecule has 102 valence electrons. The summed E-state index contributed by atoms with van der Waals surface area (Å²) in [6.07, 6.45) is 8.50. The lowest BCUT2D eigenvalue weighted by atomic mass is 10.2. The molecule has 1 aromatic rings. The first-order valence-corrected chi connectivity index (χ1v) is 7.55. The third-order valence-electron chi connectivity index (χ3n) is 4.11. The van der Waals surface area contributed by atoms with Gasteiger partial charge in [-0.15, -0.1) is 0 Å². The fourth-order valence-electron chi connectivity index (χ4n) is 2.76. The van der Waals surface area contributed by atoms with Crippen molar-refractivity contribution in [3.8, 4) is 0 Å². The molecule has 0 saturated heterocycles. The van der Waals surface area contributed by atoms with Crippen LogP contribution in [0.3, 0.4) is 0 Å². The van der Waals surface area contributed by atoms with Crippen LogP contribution in [0.1, 0.15) is 64.6 Å². The van der Waals surface area contributed by atoms with E-state index in [1.54, 1.807) is 0 Å². The fourth-order valence-corrected chi connectivity index (χ4v) is 2.76. The highest BCUT2D eigenvalue weighted by atomic mass is 15.3. The maximum absolute atomic E-state index is 4.68.